The highest BCUT2D eigenvalue weighted by Gasteiger charge is 2.14. The molecule has 0 aliphatic carbocycles. The van der Waals surface area contributed by atoms with Crippen LogP contribution in [0.15, 0.2) is 17.2 Å². The zero-order chi connectivity index (χ0) is 12.8. The van der Waals surface area contributed by atoms with Crippen molar-refractivity contribution in [3.63, 3.8) is 0 Å². The molecule has 0 spiro atoms. The van der Waals surface area contributed by atoms with E-state index < -0.39 is 0 Å². The molecule has 0 saturated carbocycles. The lowest BCUT2D eigenvalue weighted by Crippen LogP contribution is -2.37. The van der Waals surface area contributed by atoms with Crippen molar-refractivity contribution in [1.82, 2.24) is 10.7 Å². The molecule has 1 aromatic rings. The Morgan fingerprint density at radius 1 is 1.67 bits per heavy atom. The number of nitrogens with one attached hydrogen (secondary N) is 2. The van der Waals surface area contributed by atoms with Crippen molar-refractivity contribution < 1.29 is 4.74 Å². The molecule has 1 aliphatic heterocycles. The molecule has 0 unspecified atom stereocenters. The van der Waals surface area contributed by atoms with E-state index in [-0.39, 0.29) is 6.10 Å². The second-order valence-corrected chi connectivity index (χ2v) is 5.89. The molecule has 1 fully saturated rings. The Bertz CT molecular complexity index is 425. The predicted octanol–water partition coefficient (Wildman–Crippen LogP) is 2.03. The monoisotopic (exact) mass is 283 g/mol. The molecule has 0 amide bonds. The topological polar surface area (TPSA) is 45.7 Å². The van der Waals surface area contributed by atoms with Gasteiger partial charge in [-0.25, -0.2) is 0 Å². The third-order valence-corrected chi connectivity index (χ3v) is 3.80. The van der Waals surface area contributed by atoms with Gasteiger partial charge in [0, 0.05) is 22.9 Å². The maximum atomic E-state index is 5.49. The second kappa shape index (κ2) is 6.82. The van der Waals surface area contributed by atoms with Crippen LogP contribution in [0.25, 0.3) is 0 Å². The minimum atomic E-state index is 0.286. The predicted molar refractivity (Wildman–Crippen MR) is 79.4 cm³/mol. The number of thiocarbonyl (C=S) groups is 1. The van der Waals surface area contributed by atoms with Gasteiger partial charge in [0.05, 0.1) is 12.3 Å². The lowest BCUT2D eigenvalue weighted by molar-refractivity contribution is 0.114. The standard InChI is InChI=1S/C12H17N3OS2/c1-9-4-5-11(18-9)8-14-15-12(17)13-7-10-3-2-6-16-10/h4-5,8,10H,2-3,6-7H2,1H3,(H2,13,15,17)/b14-8-/t10-/m0/s1. The van der Waals surface area contributed by atoms with Crippen LogP contribution in [0.1, 0.15) is 22.6 Å². The van der Waals surface area contributed by atoms with Crippen molar-refractivity contribution in [3.05, 3.63) is 21.9 Å². The first-order chi connectivity index (χ1) is 8.74. The molecular formula is C12H17N3OS2. The van der Waals surface area contributed by atoms with Crippen LogP contribution < -0.4 is 10.7 Å². The van der Waals surface area contributed by atoms with Crippen LogP contribution in [0, 0.1) is 6.92 Å². The maximum Gasteiger partial charge on any atom is 0.187 e. The van der Waals surface area contributed by atoms with Crippen LogP contribution in [0.5, 0.6) is 0 Å². The third kappa shape index (κ3) is 4.36. The third-order valence-electron chi connectivity index (χ3n) is 2.63. The highest BCUT2D eigenvalue weighted by atomic mass is 32.1. The van der Waals surface area contributed by atoms with Crippen LogP contribution in [-0.2, 0) is 4.74 Å². The van der Waals surface area contributed by atoms with Crippen LogP contribution in [0.2, 0.25) is 0 Å². The Morgan fingerprint density at radius 3 is 3.22 bits per heavy atom. The van der Waals surface area contributed by atoms with Gasteiger partial charge in [-0.1, -0.05) is 0 Å². The molecular weight excluding hydrogens is 266 g/mol. The summed E-state index contributed by atoms with van der Waals surface area (Å²) in [5, 5.41) is 7.73. The zero-order valence-electron chi connectivity index (χ0n) is 10.3. The Kier molecular flexibility index (Phi) is 5.10. The Hall–Kier alpha value is -0.980. The van der Waals surface area contributed by atoms with Crippen molar-refractivity contribution >= 4 is 34.9 Å². The van der Waals surface area contributed by atoms with Gasteiger partial charge in [-0.05, 0) is 44.1 Å². The molecule has 18 heavy (non-hydrogen) atoms. The van der Waals surface area contributed by atoms with Crippen LogP contribution in [0.3, 0.4) is 0 Å². The van der Waals surface area contributed by atoms with Gasteiger partial charge >= 0.3 is 0 Å². The molecule has 98 valence electrons. The van der Waals surface area contributed by atoms with E-state index in [9.17, 15) is 0 Å². The van der Waals surface area contributed by atoms with E-state index in [0.29, 0.717) is 5.11 Å². The molecule has 0 bridgehead atoms. The van der Waals surface area contributed by atoms with Gasteiger partial charge in [-0.15, -0.1) is 11.3 Å². The van der Waals surface area contributed by atoms with Gasteiger partial charge in [0.2, 0.25) is 0 Å². The number of rotatable bonds is 4. The van der Waals surface area contributed by atoms with E-state index in [1.54, 1.807) is 17.6 Å². The van der Waals surface area contributed by atoms with E-state index in [0.717, 1.165) is 30.9 Å². The minimum absolute atomic E-state index is 0.286. The van der Waals surface area contributed by atoms with Gasteiger partial charge in [0.25, 0.3) is 0 Å². The lowest BCUT2D eigenvalue weighted by atomic mass is 10.2. The number of hydrogen-bond donors (Lipinski definition) is 2. The minimum Gasteiger partial charge on any atom is -0.376 e. The van der Waals surface area contributed by atoms with E-state index >= 15 is 0 Å². The van der Waals surface area contributed by atoms with Crippen molar-refractivity contribution in [2.24, 2.45) is 5.10 Å². The summed E-state index contributed by atoms with van der Waals surface area (Å²) >= 11 is 6.82. The number of ether oxygens (including phenoxy) is 1. The number of hydrazone groups is 1. The van der Waals surface area contributed by atoms with Crippen molar-refractivity contribution in [2.75, 3.05) is 13.2 Å². The van der Waals surface area contributed by atoms with Crippen LogP contribution in [0.4, 0.5) is 0 Å². The van der Waals surface area contributed by atoms with Crippen LogP contribution in [-0.4, -0.2) is 30.6 Å². The molecule has 2 heterocycles. The average Bonchev–Trinajstić information content (AvgIpc) is 2.98. The summed E-state index contributed by atoms with van der Waals surface area (Å²) in [5.74, 6) is 0. The Morgan fingerprint density at radius 2 is 2.56 bits per heavy atom. The zero-order valence-corrected chi connectivity index (χ0v) is 11.9. The number of aryl methyl sites for hydroxylation is 1. The van der Waals surface area contributed by atoms with Crippen molar-refractivity contribution in [1.29, 1.82) is 0 Å². The molecule has 6 heteroatoms. The first-order valence-electron chi connectivity index (χ1n) is 5.99. The first kappa shape index (κ1) is 13.5. The van der Waals surface area contributed by atoms with Crippen LogP contribution >= 0.6 is 23.6 Å². The molecule has 0 radical (unpaired) electrons. The Labute approximate surface area is 116 Å². The quantitative estimate of drug-likeness (QED) is 0.504. The summed E-state index contributed by atoms with van der Waals surface area (Å²) in [6, 6.07) is 4.11. The summed E-state index contributed by atoms with van der Waals surface area (Å²) < 4.78 is 5.49. The first-order valence-corrected chi connectivity index (χ1v) is 7.21. The summed E-state index contributed by atoms with van der Waals surface area (Å²) in [5.41, 5.74) is 2.81. The fraction of sp³-hybridized carbons (Fsp3) is 0.500. The molecule has 0 aromatic carbocycles. The summed E-state index contributed by atoms with van der Waals surface area (Å²) in [7, 11) is 0. The number of nitrogens with zero attached hydrogens (tertiary/aromatic N) is 1. The molecule has 1 aliphatic rings. The van der Waals surface area contributed by atoms with E-state index in [4.69, 9.17) is 17.0 Å². The van der Waals surface area contributed by atoms with Gasteiger partial charge in [-0.2, -0.15) is 5.10 Å². The maximum absolute atomic E-state index is 5.49. The number of hydrogen-bond acceptors (Lipinski definition) is 4. The largest absolute Gasteiger partial charge is 0.376 e. The van der Waals surface area contributed by atoms with E-state index in [2.05, 4.69) is 28.8 Å². The SMILES string of the molecule is Cc1ccc(/C=N\NC(=S)NC[C@@H]2CCCO2)s1. The Balaban J connectivity index is 1.66. The molecule has 2 rings (SSSR count). The average molecular weight is 283 g/mol. The van der Waals surface area contributed by atoms with Gasteiger partial charge in [0.15, 0.2) is 5.11 Å². The van der Waals surface area contributed by atoms with Crippen molar-refractivity contribution in [3.8, 4) is 0 Å². The van der Waals surface area contributed by atoms with E-state index in [1.165, 1.54) is 4.88 Å². The van der Waals surface area contributed by atoms with Gasteiger partial charge in [-0.3, -0.25) is 5.43 Å². The lowest BCUT2D eigenvalue weighted by Gasteiger charge is -2.11. The van der Waals surface area contributed by atoms with Crippen molar-refractivity contribution in [2.45, 2.75) is 25.9 Å². The molecule has 1 aromatic heterocycles. The number of thiophene rings is 1. The highest BCUT2D eigenvalue weighted by molar-refractivity contribution is 7.80. The smallest absolute Gasteiger partial charge is 0.187 e. The fourth-order valence-corrected chi connectivity index (χ4v) is 2.61. The fourth-order valence-electron chi connectivity index (χ4n) is 1.73. The summed E-state index contributed by atoms with van der Waals surface area (Å²) in [6.45, 7) is 3.69. The normalized spacial score (nSPS) is 19.3. The summed E-state index contributed by atoms with van der Waals surface area (Å²) in [6.07, 6.45) is 4.31. The molecule has 1 atom stereocenters. The van der Waals surface area contributed by atoms with E-state index in [1.807, 2.05) is 6.07 Å². The van der Waals surface area contributed by atoms with Gasteiger partial charge < -0.3 is 10.1 Å². The molecule has 2 N–H and O–H groups in total. The van der Waals surface area contributed by atoms with Gasteiger partial charge in [0.1, 0.15) is 0 Å². The highest BCUT2D eigenvalue weighted by Crippen LogP contribution is 2.12. The molecule has 1 saturated heterocycles. The summed E-state index contributed by atoms with van der Waals surface area (Å²) in [4.78, 5) is 2.39. The molecule has 4 nitrogen and oxygen atoms in total. The second-order valence-electron chi connectivity index (χ2n) is 4.16.